The molecule has 0 heterocycles. The molecule has 6 aromatic carbocycles. The minimum absolute atomic E-state index is 0.231. The van der Waals surface area contributed by atoms with Gasteiger partial charge in [-0.25, -0.2) is 0 Å². The van der Waals surface area contributed by atoms with Gasteiger partial charge in [0, 0.05) is 11.8 Å². The standard InChI is InChI=1S/C44H32/c1-27-19-23-29(24-20-27)39-40(30-25-21-28(2)22-26-30)44(42-37-17-9-5-13-33(37)34-14-6-10-18-38(34)42)43(39)41-35-15-7-3-11-31(35)32-12-4-8-16-36(32)41/h3-26,39-40H,1-2H3/t39-,40-/m0/s1. The lowest BCUT2D eigenvalue weighted by Gasteiger charge is -2.46. The first kappa shape index (κ1) is 25.3. The van der Waals surface area contributed by atoms with E-state index in [0.717, 1.165) is 0 Å². The second kappa shape index (κ2) is 9.66. The zero-order valence-corrected chi connectivity index (χ0v) is 25.0. The molecule has 0 amide bonds. The van der Waals surface area contributed by atoms with Crippen molar-refractivity contribution >= 4 is 11.1 Å². The molecule has 1 fully saturated rings. The lowest BCUT2D eigenvalue weighted by molar-refractivity contribution is 0.591. The summed E-state index contributed by atoms with van der Waals surface area (Å²) in [6, 6.07) is 54.7. The summed E-state index contributed by atoms with van der Waals surface area (Å²) in [5.41, 5.74) is 21.8. The molecule has 0 aromatic heterocycles. The molecule has 0 spiro atoms. The average Bonchev–Trinajstić information content (AvgIpc) is 3.56. The van der Waals surface area contributed by atoms with E-state index in [1.165, 1.54) is 89.1 Å². The van der Waals surface area contributed by atoms with E-state index in [1.807, 2.05) is 0 Å². The molecule has 0 aliphatic heterocycles. The average molecular weight is 561 g/mol. The van der Waals surface area contributed by atoms with Gasteiger partial charge in [0.05, 0.1) is 0 Å². The van der Waals surface area contributed by atoms with Crippen molar-refractivity contribution in [3.63, 3.8) is 0 Å². The summed E-state index contributed by atoms with van der Waals surface area (Å²) in [5, 5.41) is 0. The van der Waals surface area contributed by atoms with Gasteiger partial charge >= 0.3 is 0 Å². The molecule has 0 radical (unpaired) electrons. The highest BCUT2D eigenvalue weighted by Gasteiger charge is 2.49. The summed E-state index contributed by atoms with van der Waals surface area (Å²) >= 11 is 0. The Morgan fingerprint density at radius 2 is 0.545 bits per heavy atom. The first-order valence-electron chi connectivity index (χ1n) is 15.7. The summed E-state index contributed by atoms with van der Waals surface area (Å²) in [7, 11) is 0. The third kappa shape index (κ3) is 3.58. The zero-order chi connectivity index (χ0) is 29.4. The highest BCUT2D eigenvalue weighted by Crippen LogP contribution is 2.66. The Morgan fingerprint density at radius 3 is 0.818 bits per heavy atom. The normalized spacial score (nSPS) is 17.6. The molecule has 44 heavy (non-hydrogen) atoms. The predicted molar refractivity (Wildman–Crippen MR) is 184 cm³/mol. The second-order valence-electron chi connectivity index (χ2n) is 12.5. The van der Waals surface area contributed by atoms with Crippen molar-refractivity contribution in [2.24, 2.45) is 0 Å². The van der Waals surface area contributed by atoms with Crippen LogP contribution >= 0.6 is 0 Å². The third-order valence-electron chi connectivity index (χ3n) is 10.0. The van der Waals surface area contributed by atoms with Crippen LogP contribution in [0.5, 0.6) is 0 Å². The molecule has 0 bridgehead atoms. The molecule has 0 saturated heterocycles. The quantitative estimate of drug-likeness (QED) is 0.197. The number of hydrogen-bond donors (Lipinski definition) is 0. The maximum atomic E-state index is 2.37. The zero-order valence-electron chi connectivity index (χ0n) is 25.0. The lowest BCUT2D eigenvalue weighted by Crippen LogP contribution is -2.31. The van der Waals surface area contributed by atoms with E-state index in [2.05, 4.69) is 159 Å². The topological polar surface area (TPSA) is 0 Å². The third-order valence-corrected chi connectivity index (χ3v) is 10.0. The molecule has 9 rings (SSSR count). The molecule has 6 aromatic rings. The summed E-state index contributed by atoms with van der Waals surface area (Å²) in [5.74, 6) is 0.463. The van der Waals surface area contributed by atoms with Crippen molar-refractivity contribution in [2.45, 2.75) is 25.7 Å². The Balaban J connectivity index is 1.45. The van der Waals surface area contributed by atoms with Gasteiger partial charge < -0.3 is 0 Å². The van der Waals surface area contributed by atoms with Crippen LogP contribution in [0.4, 0.5) is 0 Å². The second-order valence-corrected chi connectivity index (χ2v) is 12.5. The minimum atomic E-state index is 0.231. The molecular weight excluding hydrogens is 528 g/mol. The molecule has 2 atom stereocenters. The van der Waals surface area contributed by atoms with Gasteiger partial charge in [-0.05, 0) is 91.8 Å². The fourth-order valence-electron chi connectivity index (χ4n) is 8.03. The van der Waals surface area contributed by atoms with Crippen LogP contribution < -0.4 is 0 Å². The first-order chi connectivity index (χ1) is 21.7. The van der Waals surface area contributed by atoms with Crippen molar-refractivity contribution in [3.8, 4) is 22.3 Å². The van der Waals surface area contributed by atoms with Crippen molar-refractivity contribution in [3.05, 3.63) is 201 Å². The Morgan fingerprint density at radius 1 is 0.295 bits per heavy atom. The van der Waals surface area contributed by atoms with Gasteiger partial charge in [-0.15, -0.1) is 0 Å². The Bertz CT molecular complexity index is 1920. The molecule has 0 N–H and O–H groups in total. The van der Waals surface area contributed by atoms with E-state index in [-0.39, 0.29) is 11.8 Å². The maximum absolute atomic E-state index is 2.37. The first-order valence-corrected chi connectivity index (χ1v) is 15.7. The Labute approximate surface area is 259 Å². The van der Waals surface area contributed by atoms with Crippen molar-refractivity contribution in [1.29, 1.82) is 0 Å². The van der Waals surface area contributed by atoms with Gasteiger partial charge in [-0.3, -0.25) is 0 Å². The van der Waals surface area contributed by atoms with E-state index in [4.69, 9.17) is 0 Å². The summed E-state index contributed by atoms with van der Waals surface area (Å²) in [6.07, 6.45) is 0. The predicted octanol–water partition coefficient (Wildman–Crippen LogP) is 11.1. The monoisotopic (exact) mass is 560 g/mol. The van der Waals surface area contributed by atoms with Crippen molar-refractivity contribution < 1.29 is 0 Å². The fourth-order valence-corrected chi connectivity index (χ4v) is 8.03. The van der Waals surface area contributed by atoms with Crippen LogP contribution in [-0.4, -0.2) is 0 Å². The molecule has 208 valence electrons. The molecule has 0 heteroatoms. The number of aryl methyl sites for hydroxylation is 2. The van der Waals surface area contributed by atoms with E-state index in [1.54, 1.807) is 0 Å². The van der Waals surface area contributed by atoms with Gasteiger partial charge in [0.15, 0.2) is 0 Å². The summed E-state index contributed by atoms with van der Waals surface area (Å²) < 4.78 is 0. The molecule has 0 unspecified atom stereocenters. The van der Waals surface area contributed by atoms with E-state index in [0.29, 0.717) is 0 Å². The number of hydrogen-bond acceptors (Lipinski definition) is 0. The van der Waals surface area contributed by atoms with Crippen LogP contribution in [0.3, 0.4) is 0 Å². The lowest BCUT2D eigenvalue weighted by atomic mass is 9.56. The van der Waals surface area contributed by atoms with Gasteiger partial charge in [-0.2, -0.15) is 0 Å². The number of allylic oxidation sites excluding steroid dienone is 2. The van der Waals surface area contributed by atoms with Crippen molar-refractivity contribution in [2.75, 3.05) is 0 Å². The molecular formula is C44H32. The van der Waals surface area contributed by atoms with E-state index >= 15 is 0 Å². The van der Waals surface area contributed by atoms with Gasteiger partial charge in [-0.1, -0.05) is 157 Å². The highest BCUT2D eigenvalue weighted by atomic mass is 14.5. The minimum Gasteiger partial charge on any atom is -0.0616 e. The molecule has 0 nitrogen and oxygen atoms in total. The van der Waals surface area contributed by atoms with Crippen LogP contribution in [0.15, 0.2) is 157 Å². The van der Waals surface area contributed by atoms with Crippen LogP contribution in [0.25, 0.3) is 33.4 Å². The fraction of sp³-hybridized carbons (Fsp3) is 0.0909. The Hall–Kier alpha value is -5.20. The van der Waals surface area contributed by atoms with Gasteiger partial charge in [0.25, 0.3) is 0 Å². The highest BCUT2D eigenvalue weighted by molar-refractivity contribution is 6.09. The van der Waals surface area contributed by atoms with Crippen molar-refractivity contribution in [1.82, 2.24) is 0 Å². The number of fused-ring (bicyclic) bond motifs is 6. The van der Waals surface area contributed by atoms with Crippen LogP contribution in [0.2, 0.25) is 0 Å². The van der Waals surface area contributed by atoms with Gasteiger partial charge in [0.1, 0.15) is 0 Å². The maximum Gasteiger partial charge on any atom is 0.0209 e. The van der Waals surface area contributed by atoms with Crippen LogP contribution in [0, 0.1) is 13.8 Å². The smallest absolute Gasteiger partial charge is 0.0209 e. The number of benzene rings is 6. The van der Waals surface area contributed by atoms with Crippen LogP contribution in [0.1, 0.15) is 56.3 Å². The van der Waals surface area contributed by atoms with Crippen LogP contribution in [-0.2, 0) is 0 Å². The molecule has 1 saturated carbocycles. The van der Waals surface area contributed by atoms with E-state index < -0.39 is 0 Å². The largest absolute Gasteiger partial charge is 0.0616 e. The number of rotatable bonds is 2. The molecule has 3 aliphatic rings. The SMILES string of the molecule is Cc1ccc([C@@H]2C(=C3c4ccccc4-c4ccccc43)C(=C3c4ccccc4-c4ccccc43)[C@H]2c2ccc(C)cc2)cc1. The van der Waals surface area contributed by atoms with Gasteiger partial charge in [0.2, 0.25) is 0 Å². The molecule has 3 aliphatic carbocycles. The Kier molecular flexibility index (Phi) is 5.56. The van der Waals surface area contributed by atoms with E-state index in [9.17, 15) is 0 Å². The summed E-state index contributed by atoms with van der Waals surface area (Å²) in [4.78, 5) is 0. The summed E-state index contributed by atoms with van der Waals surface area (Å²) in [6.45, 7) is 4.37.